The van der Waals surface area contributed by atoms with Crippen LogP contribution in [0.5, 0.6) is 0 Å². The van der Waals surface area contributed by atoms with Crippen molar-refractivity contribution in [1.29, 1.82) is 0 Å². The largest absolute Gasteiger partial charge is 0.351 e. The molecule has 1 fully saturated rings. The number of thioether (sulfide) groups is 1. The Kier molecular flexibility index (Phi) is 5.66. The molecule has 0 saturated carbocycles. The number of benzene rings is 1. The van der Waals surface area contributed by atoms with E-state index in [1.54, 1.807) is 6.07 Å². The molecule has 104 valence electrons. The van der Waals surface area contributed by atoms with Gasteiger partial charge in [-0.1, -0.05) is 0 Å². The number of carbonyl (C=O) groups is 1. The van der Waals surface area contributed by atoms with Gasteiger partial charge in [0.2, 0.25) is 0 Å². The lowest BCUT2D eigenvalue weighted by Crippen LogP contribution is -2.39. The average molecular weight is 347 g/mol. The zero-order valence-corrected chi connectivity index (χ0v) is 12.9. The van der Waals surface area contributed by atoms with Gasteiger partial charge in [-0.15, -0.1) is 0 Å². The Morgan fingerprint density at radius 1 is 1.42 bits per heavy atom. The Hall–Kier alpha value is -0.590. The van der Waals surface area contributed by atoms with Gasteiger partial charge < -0.3 is 5.32 Å². The van der Waals surface area contributed by atoms with Crippen molar-refractivity contribution in [2.75, 3.05) is 37.7 Å². The van der Waals surface area contributed by atoms with Gasteiger partial charge in [-0.3, -0.25) is 9.69 Å². The SMILES string of the molecule is O=C(NCCN1CCSCC1)c1cc(F)ccc1Br. The number of hydrogen-bond donors (Lipinski definition) is 1. The second kappa shape index (κ2) is 7.26. The van der Waals surface area contributed by atoms with Crippen molar-refractivity contribution >= 4 is 33.6 Å². The molecular weight excluding hydrogens is 331 g/mol. The molecule has 3 nitrogen and oxygen atoms in total. The third-order valence-electron chi connectivity index (χ3n) is 2.99. The summed E-state index contributed by atoms with van der Waals surface area (Å²) in [5, 5.41) is 2.83. The molecule has 0 unspecified atom stereocenters. The highest BCUT2D eigenvalue weighted by atomic mass is 79.9. The smallest absolute Gasteiger partial charge is 0.252 e. The van der Waals surface area contributed by atoms with Gasteiger partial charge >= 0.3 is 0 Å². The van der Waals surface area contributed by atoms with Gasteiger partial charge in [0.1, 0.15) is 5.82 Å². The molecule has 1 amide bonds. The molecule has 1 N–H and O–H groups in total. The number of amides is 1. The van der Waals surface area contributed by atoms with Gasteiger partial charge in [-0.25, -0.2) is 4.39 Å². The van der Waals surface area contributed by atoms with Crippen molar-refractivity contribution in [3.8, 4) is 0 Å². The van der Waals surface area contributed by atoms with Crippen LogP contribution in [-0.4, -0.2) is 48.5 Å². The summed E-state index contributed by atoms with van der Waals surface area (Å²) >= 11 is 5.22. The van der Waals surface area contributed by atoms with Crippen LogP contribution in [-0.2, 0) is 0 Å². The third-order valence-corrected chi connectivity index (χ3v) is 4.62. The minimum atomic E-state index is -0.401. The van der Waals surface area contributed by atoms with E-state index in [-0.39, 0.29) is 5.91 Å². The zero-order valence-electron chi connectivity index (χ0n) is 10.5. The molecule has 1 aliphatic heterocycles. The maximum Gasteiger partial charge on any atom is 0.252 e. The molecule has 0 radical (unpaired) electrons. The van der Waals surface area contributed by atoms with Crippen LogP contribution >= 0.6 is 27.7 Å². The van der Waals surface area contributed by atoms with E-state index in [2.05, 4.69) is 26.1 Å². The van der Waals surface area contributed by atoms with Gasteiger partial charge in [-0.2, -0.15) is 11.8 Å². The van der Waals surface area contributed by atoms with Gasteiger partial charge in [0.15, 0.2) is 0 Å². The summed E-state index contributed by atoms with van der Waals surface area (Å²) in [5.74, 6) is 1.67. The fraction of sp³-hybridized carbons (Fsp3) is 0.462. The molecule has 0 bridgehead atoms. The van der Waals surface area contributed by atoms with Crippen molar-refractivity contribution in [3.05, 3.63) is 34.1 Å². The summed E-state index contributed by atoms with van der Waals surface area (Å²) in [6.07, 6.45) is 0. The number of halogens is 2. The fourth-order valence-corrected chi connectivity index (χ4v) is 3.32. The van der Waals surface area contributed by atoms with Crippen molar-refractivity contribution in [2.24, 2.45) is 0 Å². The molecule has 1 aliphatic rings. The summed E-state index contributed by atoms with van der Waals surface area (Å²) in [6, 6.07) is 4.12. The molecule has 6 heteroatoms. The Labute approximate surface area is 125 Å². The van der Waals surface area contributed by atoms with Crippen molar-refractivity contribution in [2.45, 2.75) is 0 Å². The zero-order chi connectivity index (χ0) is 13.7. The quantitative estimate of drug-likeness (QED) is 0.908. The monoisotopic (exact) mass is 346 g/mol. The molecule has 1 aromatic carbocycles. The first kappa shape index (κ1) is 14.8. The van der Waals surface area contributed by atoms with E-state index in [1.807, 2.05) is 11.8 Å². The van der Waals surface area contributed by atoms with Crippen LogP contribution in [0, 0.1) is 5.82 Å². The molecule has 0 spiro atoms. The molecule has 1 saturated heterocycles. The van der Waals surface area contributed by atoms with Crippen molar-refractivity contribution < 1.29 is 9.18 Å². The number of rotatable bonds is 4. The number of hydrogen-bond acceptors (Lipinski definition) is 3. The molecule has 0 atom stereocenters. The normalized spacial score (nSPS) is 16.3. The topological polar surface area (TPSA) is 32.3 Å². The molecule has 19 heavy (non-hydrogen) atoms. The van der Waals surface area contributed by atoms with Crippen LogP contribution in [0.4, 0.5) is 4.39 Å². The van der Waals surface area contributed by atoms with E-state index in [0.29, 0.717) is 16.6 Å². The predicted molar refractivity (Wildman–Crippen MR) is 80.2 cm³/mol. The molecule has 1 heterocycles. The fourth-order valence-electron chi connectivity index (χ4n) is 1.92. The molecule has 0 aromatic heterocycles. The standard InChI is InChI=1S/C13H16BrFN2OS/c14-12-2-1-10(15)9-11(12)13(18)16-3-4-17-5-7-19-8-6-17/h1-2,9H,3-8H2,(H,16,18). The molecular formula is C13H16BrFN2OS. The summed E-state index contributed by atoms with van der Waals surface area (Å²) in [5.41, 5.74) is 0.342. The van der Waals surface area contributed by atoms with Crippen LogP contribution in [0.1, 0.15) is 10.4 Å². The average Bonchev–Trinajstić information content (AvgIpc) is 2.42. The maximum atomic E-state index is 13.1. The van der Waals surface area contributed by atoms with Gasteiger partial charge in [0.05, 0.1) is 5.56 Å². The first-order valence-corrected chi connectivity index (χ1v) is 8.15. The molecule has 0 aliphatic carbocycles. The van der Waals surface area contributed by atoms with E-state index < -0.39 is 5.82 Å². The van der Waals surface area contributed by atoms with Crippen LogP contribution in [0.3, 0.4) is 0 Å². The second-order valence-corrected chi connectivity index (χ2v) is 6.41. The molecule has 1 aromatic rings. The first-order valence-electron chi connectivity index (χ1n) is 6.20. The van der Waals surface area contributed by atoms with Gasteiger partial charge in [0.25, 0.3) is 5.91 Å². The van der Waals surface area contributed by atoms with E-state index in [4.69, 9.17) is 0 Å². The van der Waals surface area contributed by atoms with E-state index >= 15 is 0 Å². The molecule has 2 rings (SSSR count). The van der Waals surface area contributed by atoms with Crippen LogP contribution in [0.25, 0.3) is 0 Å². The van der Waals surface area contributed by atoms with E-state index in [0.717, 1.165) is 31.1 Å². The summed E-state index contributed by atoms with van der Waals surface area (Å²) in [6.45, 7) is 3.58. The summed E-state index contributed by atoms with van der Waals surface area (Å²) in [4.78, 5) is 14.3. The predicted octanol–water partition coefficient (Wildman–Crippen LogP) is 2.37. The lowest BCUT2D eigenvalue weighted by Gasteiger charge is -2.26. The van der Waals surface area contributed by atoms with Crippen molar-refractivity contribution in [3.63, 3.8) is 0 Å². The lowest BCUT2D eigenvalue weighted by molar-refractivity contribution is 0.0947. The van der Waals surface area contributed by atoms with E-state index in [9.17, 15) is 9.18 Å². The van der Waals surface area contributed by atoms with E-state index in [1.165, 1.54) is 12.1 Å². The lowest BCUT2D eigenvalue weighted by atomic mass is 10.2. The highest BCUT2D eigenvalue weighted by Crippen LogP contribution is 2.17. The van der Waals surface area contributed by atoms with Crippen LogP contribution in [0.15, 0.2) is 22.7 Å². The highest BCUT2D eigenvalue weighted by Gasteiger charge is 2.13. The number of nitrogens with one attached hydrogen (secondary N) is 1. The Morgan fingerprint density at radius 2 is 2.16 bits per heavy atom. The highest BCUT2D eigenvalue weighted by molar-refractivity contribution is 9.10. The van der Waals surface area contributed by atoms with Crippen molar-refractivity contribution in [1.82, 2.24) is 10.2 Å². The third kappa shape index (κ3) is 4.47. The number of carbonyl (C=O) groups excluding carboxylic acids is 1. The Bertz CT molecular complexity index is 452. The maximum absolute atomic E-state index is 13.1. The first-order chi connectivity index (χ1) is 9.16. The summed E-state index contributed by atoms with van der Waals surface area (Å²) < 4.78 is 13.7. The Morgan fingerprint density at radius 3 is 2.89 bits per heavy atom. The van der Waals surface area contributed by atoms with Crippen LogP contribution < -0.4 is 5.32 Å². The Balaban J connectivity index is 1.82. The number of nitrogens with zero attached hydrogens (tertiary/aromatic N) is 1. The van der Waals surface area contributed by atoms with Crippen LogP contribution in [0.2, 0.25) is 0 Å². The second-order valence-electron chi connectivity index (χ2n) is 4.33. The summed E-state index contributed by atoms with van der Waals surface area (Å²) in [7, 11) is 0. The minimum absolute atomic E-state index is 0.238. The van der Waals surface area contributed by atoms with Gasteiger partial charge in [-0.05, 0) is 34.1 Å². The minimum Gasteiger partial charge on any atom is -0.351 e. The van der Waals surface area contributed by atoms with Gasteiger partial charge in [0, 0.05) is 42.2 Å².